The predicted octanol–water partition coefficient (Wildman–Crippen LogP) is 2.32. The van der Waals surface area contributed by atoms with Crippen molar-refractivity contribution in [3.63, 3.8) is 0 Å². The molecule has 6 nitrogen and oxygen atoms in total. The first-order chi connectivity index (χ1) is 11.3. The molecule has 0 fully saturated rings. The molecule has 0 saturated heterocycles. The van der Waals surface area contributed by atoms with Crippen LogP contribution >= 0.6 is 11.6 Å². The highest BCUT2D eigenvalue weighted by atomic mass is 35.5. The van der Waals surface area contributed by atoms with Crippen LogP contribution in [0.2, 0.25) is 5.02 Å². The number of sulfonamides is 1. The molecule has 1 unspecified atom stereocenters. The number of halogens is 1. The van der Waals surface area contributed by atoms with Crippen LogP contribution in [-0.4, -0.2) is 20.4 Å². The molecule has 0 bridgehead atoms. The first-order valence-electron chi connectivity index (χ1n) is 7.22. The fraction of sp³-hybridized carbons (Fsp3) is 0.188. The summed E-state index contributed by atoms with van der Waals surface area (Å²) in [6.45, 7) is 0. The summed E-state index contributed by atoms with van der Waals surface area (Å²) in [5, 5.41) is 0.521. The molecule has 1 aliphatic heterocycles. The number of amides is 1. The van der Waals surface area contributed by atoms with Gasteiger partial charge < -0.3 is 10.5 Å². The third kappa shape index (κ3) is 3.47. The van der Waals surface area contributed by atoms with E-state index >= 15 is 0 Å². The Labute approximate surface area is 144 Å². The number of ether oxygens (including phenoxy) is 1. The Bertz CT molecular complexity index is 881. The lowest BCUT2D eigenvalue weighted by Gasteiger charge is -2.24. The van der Waals surface area contributed by atoms with E-state index in [4.69, 9.17) is 22.1 Å². The van der Waals surface area contributed by atoms with Crippen molar-refractivity contribution in [1.29, 1.82) is 0 Å². The lowest BCUT2D eigenvalue weighted by molar-refractivity contribution is -0.125. The standard InChI is InChI=1S/C16H15ClN2O4S/c17-11-2-4-12(5-3-11)19-24(21,22)13-6-8-14-10(9-13)1-7-15(23-14)16(18)20/h2-6,8-9,15,19H,1,7H2,(H2,18,20). The SMILES string of the molecule is NC(=O)C1CCc2cc(S(=O)(=O)Nc3ccc(Cl)cc3)ccc2O1. The van der Waals surface area contributed by atoms with Crippen molar-refractivity contribution in [1.82, 2.24) is 0 Å². The van der Waals surface area contributed by atoms with Crippen molar-refractivity contribution in [3.8, 4) is 5.75 Å². The Balaban J connectivity index is 1.84. The first kappa shape index (κ1) is 16.6. The molecule has 1 heterocycles. The summed E-state index contributed by atoms with van der Waals surface area (Å²) in [4.78, 5) is 11.3. The summed E-state index contributed by atoms with van der Waals surface area (Å²) in [7, 11) is -3.73. The molecule has 2 aromatic rings. The Morgan fingerprint density at radius 1 is 1.21 bits per heavy atom. The van der Waals surface area contributed by atoms with Gasteiger partial charge in [0.05, 0.1) is 4.90 Å². The molecule has 0 radical (unpaired) electrons. The molecular formula is C16H15ClN2O4S. The molecule has 1 atom stereocenters. The molecule has 8 heteroatoms. The van der Waals surface area contributed by atoms with E-state index in [1.54, 1.807) is 36.4 Å². The predicted molar refractivity (Wildman–Crippen MR) is 90.6 cm³/mol. The van der Waals surface area contributed by atoms with Crippen molar-refractivity contribution in [2.75, 3.05) is 4.72 Å². The highest BCUT2D eigenvalue weighted by molar-refractivity contribution is 7.92. The highest BCUT2D eigenvalue weighted by Crippen LogP contribution is 2.30. The minimum atomic E-state index is -3.73. The first-order valence-corrected chi connectivity index (χ1v) is 9.08. The molecule has 2 aromatic carbocycles. The Morgan fingerprint density at radius 2 is 1.92 bits per heavy atom. The highest BCUT2D eigenvalue weighted by Gasteiger charge is 2.25. The number of anilines is 1. The molecule has 126 valence electrons. The third-order valence-corrected chi connectivity index (χ3v) is 5.33. The molecule has 0 saturated carbocycles. The van der Waals surface area contributed by atoms with Crippen LogP contribution in [0.5, 0.6) is 5.75 Å². The van der Waals surface area contributed by atoms with Gasteiger partial charge in [0.2, 0.25) is 0 Å². The van der Waals surface area contributed by atoms with Gasteiger partial charge in [-0.15, -0.1) is 0 Å². The van der Waals surface area contributed by atoms with Gasteiger partial charge in [0.1, 0.15) is 5.75 Å². The zero-order valence-electron chi connectivity index (χ0n) is 12.5. The summed E-state index contributed by atoms with van der Waals surface area (Å²) in [6.07, 6.45) is 0.274. The van der Waals surface area contributed by atoms with E-state index in [9.17, 15) is 13.2 Å². The van der Waals surface area contributed by atoms with Crippen LogP contribution in [0.25, 0.3) is 0 Å². The molecule has 0 aromatic heterocycles. The van der Waals surface area contributed by atoms with Gasteiger partial charge in [0, 0.05) is 10.7 Å². The molecular weight excluding hydrogens is 352 g/mol. The van der Waals surface area contributed by atoms with E-state index in [1.165, 1.54) is 6.07 Å². The summed E-state index contributed by atoms with van der Waals surface area (Å²) >= 11 is 5.79. The van der Waals surface area contributed by atoms with Crippen molar-refractivity contribution in [3.05, 3.63) is 53.1 Å². The summed E-state index contributed by atoms with van der Waals surface area (Å²) in [5.41, 5.74) is 6.39. The lowest BCUT2D eigenvalue weighted by Crippen LogP contribution is -2.36. The van der Waals surface area contributed by atoms with Crippen LogP contribution in [0.1, 0.15) is 12.0 Å². The number of carbonyl (C=O) groups excluding carboxylic acids is 1. The van der Waals surface area contributed by atoms with E-state index in [0.717, 1.165) is 5.56 Å². The van der Waals surface area contributed by atoms with Gasteiger partial charge in [-0.1, -0.05) is 11.6 Å². The average Bonchev–Trinajstić information content (AvgIpc) is 2.55. The second-order valence-electron chi connectivity index (χ2n) is 5.43. The number of benzene rings is 2. The molecule has 3 N–H and O–H groups in total. The van der Waals surface area contributed by atoms with Crippen molar-refractivity contribution in [2.45, 2.75) is 23.8 Å². The lowest BCUT2D eigenvalue weighted by atomic mass is 10.0. The zero-order chi connectivity index (χ0) is 17.3. The minimum absolute atomic E-state index is 0.123. The number of aryl methyl sites for hydroxylation is 1. The third-order valence-electron chi connectivity index (χ3n) is 3.70. The zero-order valence-corrected chi connectivity index (χ0v) is 14.1. The molecule has 0 spiro atoms. The van der Waals surface area contributed by atoms with E-state index < -0.39 is 22.0 Å². The van der Waals surface area contributed by atoms with Gasteiger partial charge in [-0.25, -0.2) is 8.42 Å². The van der Waals surface area contributed by atoms with Crippen LogP contribution in [-0.2, 0) is 21.2 Å². The van der Waals surface area contributed by atoms with E-state index in [0.29, 0.717) is 29.3 Å². The summed E-state index contributed by atoms with van der Waals surface area (Å²) in [5.74, 6) is -0.0442. The molecule has 1 aliphatic rings. The van der Waals surface area contributed by atoms with Gasteiger partial charge in [0.15, 0.2) is 6.10 Å². The van der Waals surface area contributed by atoms with Crippen LogP contribution in [0.3, 0.4) is 0 Å². The van der Waals surface area contributed by atoms with E-state index in [-0.39, 0.29) is 4.90 Å². The van der Waals surface area contributed by atoms with Crippen LogP contribution in [0.15, 0.2) is 47.4 Å². The number of hydrogen-bond acceptors (Lipinski definition) is 4. The number of nitrogens with two attached hydrogens (primary N) is 1. The van der Waals surface area contributed by atoms with Gasteiger partial charge in [-0.2, -0.15) is 0 Å². The van der Waals surface area contributed by atoms with Crippen LogP contribution in [0, 0.1) is 0 Å². The molecule has 1 amide bonds. The number of rotatable bonds is 4. The summed E-state index contributed by atoms with van der Waals surface area (Å²) in [6, 6.07) is 10.9. The number of nitrogens with one attached hydrogen (secondary N) is 1. The maximum absolute atomic E-state index is 12.5. The largest absolute Gasteiger partial charge is 0.480 e. The maximum atomic E-state index is 12.5. The molecule has 24 heavy (non-hydrogen) atoms. The normalized spacial score (nSPS) is 16.8. The second kappa shape index (κ2) is 6.33. The Hall–Kier alpha value is -2.25. The maximum Gasteiger partial charge on any atom is 0.261 e. The number of fused-ring (bicyclic) bond motifs is 1. The van der Waals surface area contributed by atoms with Crippen molar-refractivity contribution in [2.24, 2.45) is 5.73 Å². The van der Waals surface area contributed by atoms with Crippen molar-refractivity contribution >= 4 is 33.2 Å². The van der Waals surface area contributed by atoms with E-state index in [2.05, 4.69) is 4.72 Å². The topological polar surface area (TPSA) is 98.5 Å². The second-order valence-corrected chi connectivity index (χ2v) is 7.55. The monoisotopic (exact) mass is 366 g/mol. The minimum Gasteiger partial charge on any atom is -0.480 e. The number of hydrogen-bond donors (Lipinski definition) is 2. The fourth-order valence-electron chi connectivity index (χ4n) is 2.46. The Kier molecular flexibility index (Phi) is 4.38. The van der Waals surface area contributed by atoms with Crippen LogP contribution in [0.4, 0.5) is 5.69 Å². The van der Waals surface area contributed by atoms with E-state index in [1.807, 2.05) is 0 Å². The summed E-state index contributed by atoms with van der Waals surface area (Å²) < 4.78 is 33.0. The van der Waals surface area contributed by atoms with Crippen LogP contribution < -0.4 is 15.2 Å². The number of carbonyl (C=O) groups is 1. The van der Waals surface area contributed by atoms with Crippen molar-refractivity contribution < 1.29 is 17.9 Å². The van der Waals surface area contributed by atoms with Gasteiger partial charge >= 0.3 is 0 Å². The van der Waals surface area contributed by atoms with Gasteiger partial charge in [-0.3, -0.25) is 9.52 Å². The quantitative estimate of drug-likeness (QED) is 0.867. The number of primary amides is 1. The molecule has 3 rings (SSSR count). The van der Waals surface area contributed by atoms with Gasteiger partial charge in [-0.05, 0) is 60.9 Å². The molecule has 0 aliphatic carbocycles. The Morgan fingerprint density at radius 3 is 2.58 bits per heavy atom. The smallest absolute Gasteiger partial charge is 0.261 e. The van der Waals surface area contributed by atoms with Gasteiger partial charge in [0.25, 0.3) is 15.9 Å². The fourth-order valence-corrected chi connectivity index (χ4v) is 3.70. The average molecular weight is 367 g/mol.